The van der Waals surface area contributed by atoms with E-state index in [9.17, 15) is 29.6 Å². The zero-order valence-electron chi connectivity index (χ0n) is 22.9. The van der Waals surface area contributed by atoms with Crippen molar-refractivity contribution in [2.24, 2.45) is 10.9 Å². The third-order valence-electron chi connectivity index (χ3n) is 8.13. The van der Waals surface area contributed by atoms with Gasteiger partial charge >= 0.3 is 7.60 Å². The molecule has 1 amide bonds. The smallest absolute Gasteiger partial charge is 0.373 e. The van der Waals surface area contributed by atoms with Crippen molar-refractivity contribution in [1.29, 1.82) is 0 Å². The summed E-state index contributed by atoms with van der Waals surface area (Å²) in [5, 5.41) is 39.5. The summed E-state index contributed by atoms with van der Waals surface area (Å²) >= 11 is 0. The van der Waals surface area contributed by atoms with E-state index in [1.54, 1.807) is 32.2 Å². The number of benzene rings is 1. The Morgan fingerprint density at radius 2 is 2.00 bits per heavy atom. The first-order valence-electron chi connectivity index (χ1n) is 13.6. The Bertz CT molecular complexity index is 1210. The highest BCUT2D eigenvalue weighted by molar-refractivity contribution is 7.52. The highest BCUT2D eigenvalue weighted by atomic mass is 31.2. The molecule has 1 aliphatic carbocycles. The Morgan fingerprint density at radius 3 is 2.67 bits per heavy atom. The van der Waals surface area contributed by atoms with E-state index < -0.39 is 74.1 Å². The van der Waals surface area contributed by atoms with Gasteiger partial charge in [0, 0.05) is 30.8 Å². The number of hydrogen-bond acceptors (Lipinski definition) is 11. The lowest BCUT2D eigenvalue weighted by atomic mass is 9.74. The van der Waals surface area contributed by atoms with Gasteiger partial charge in [-0.2, -0.15) is 0 Å². The molecule has 3 heterocycles. The Kier molecular flexibility index (Phi) is 8.16. The van der Waals surface area contributed by atoms with Crippen molar-refractivity contribution >= 4 is 24.9 Å². The third-order valence-corrected chi connectivity index (χ3v) is 8.68. The summed E-state index contributed by atoms with van der Waals surface area (Å²) in [7, 11) is -2.06. The molecule has 11 atom stereocenters. The molecule has 5 rings (SSSR count). The van der Waals surface area contributed by atoms with Crippen LogP contribution in [0.2, 0.25) is 0 Å². The molecule has 40 heavy (non-hydrogen) atoms. The van der Waals surface area contributed by atoms with E-state index in [1.165, 1.54) is 0 Å². The van der Waals surface area contributed by atoms with E-state index in [1.807, 2.05) is 6.92 Å². The number of ether oxygens (including phenoxy) is 3. The average molecular weight is 584 g/mol. The fourth-order valence-corrected chi connectivity index (χ4v) is 6.76. The molecule has 1 aromatic carbocycles. The maximum absolute atomic E-state index is 13.2. The molecule has 222 valence electrons. The highest BCUT2D eigenvalue weighted by Gasteiger charge is 2.63. The number of aliphatic hydroxyl groups excluding tert-OH is 2. The van der Waals surface area contributed by atoms with Crippen LogP contribution in [0.15, 0.2) is 23.2 Å². The molecule has 3 fully saturated rings. The second-order valence-electron chi connectivity index (χ2n) is 11.2. The van der Waals surface area contributed by atoms with Gasteiger partial charge < -0.3 is 49.6 Å². The van der Waals surface area contributed by atoms with Crippen molar-refractivity contribution < 1.29 is 48.3 Å². The molecule has 1 saturated carbocycles. The van der Waals surface area contributed by atoms with Crippen molar-refractivity contribution in [2.45, 2.75) is 94.2 Å². The molecule has 6 N–H and O–H groups in total. The number of amides is 1. The van der Waals surface area contributed by atoms with Gasteiger partial charge in [0.25, 0.3) is 0 Å². The first-order chi connectivity index (χ1) is 18.8. The molecule has 0 radical (unpaired) electrons. The summed E-state index contributed by atoms with van der Waals surface area (Å²) in [6.45, 7) is 4.75. The van der Waals surface area contributed by atoms with Crippen LogP contribution < -0.4 is 15.2 Å². The van der Waals surface area contributed by atoms with Crippen LogP contribution in [0.5, 0.6) is 5.75 Å². The highest BCUT2D eigenvalue weighted by Crippen LogP contribution is 2.44. The van der Waals surface area contributed by atoms with Crippen molar-refractivity contribution in [1.82, 2.24) is 10.6 Å². The lowest BCUT2D eigenvalue weighted by Crippen LogP contribution is -2.77. The Labute approximate surface area is 232 Å². The number of carbonyl (C=O) groups excluding carboxylic acids is 1. The number of likely N-dealkylation sites (N-methyl/N-ethyl adjacent to an activating group) is 1. The predicted molar refractivity (Wildman–Crippen MR) is 142 cm³/mol. The molecule has 14 heteroatoms. The van der Waals surface area contributed by atoms with Crippen LogP contribution in [0.4, 0.5) is 5.69 Å². The minimum absolute atomic E-state index is 0.0503. The molecule has 4 aliphatic rings. The summed E-state index contributed by atoms with van der Waals surface area (Å²) in [6.07, 6.45) is -4.28. The van der Waals surface area contributed by atoms with Gasteiger partial charge in [0.2, 0.25) is 18.0 Å². The first-order valence-corrected chi connectivity index (χ1v) is 15.6. The third kappa shape index (κ3) is 5.59. The quantitative estimate of drug-likeness (QED) is 0.243. The fraction of sp³-hybridized carbons (Fsp3) is 0.692. The number of hydrogen-bond donors (Lipinski definition) is 6. The Balaban J connectivity index is 1.30. The second kappa shape index (κ2) is 11.0. The molecule has 0 aromatic heterocycles. The summed E-state index contributed by atoms with van der Waals surface area (Å²) in [4.78, 5) is 27.1. The maximum atomic E-state index is 13.2. The van der Waals surface area contributed by atoms with Crippen LogP contribution in [0.1, 0.15) is 38.7 Å². The number of fused-ring (bicyclic) bond motifs is 3. The van der Waals surface area contributed by atoms with E-state index in [4.69, 9.17) is 18.7 Å². The Hall–Kier alpha value is -1.93. The minimum atomic E-state index is -3.72. The lowest BCUT2D eigenvalue weighted by molar-refractivity contribution is -0.450. The van der Waals surface area contributed by atoms with E-state index in [2.05, 4.69) is 15.6 Å². The normalized spacial score (nSPS) is 40.2. The monoisotopic (exact) mass is 583 g/mol. The van der Waals surface area contributed by atoms with Crippen molar-refractivity contribution in [3.05, 3.63) is 23.8 Å². The maximum Gasteiger partial charge on any atom is 0.373 e. The van der Waals surface area contributed by atoms with Crippen LogP contribution in [0.3, 0.4) is 0 Å². The summed E-state index contributed by atoms with van der Waals surface area (Å²) in [5.74, 6) is -2.71. The molecule has 1 unspecified atom stereocenters. The predicted octanol–water partition coefficient (Wildman–Crippen LogP) is 0.341. The van der Waals surface area contributed by atoms with E-state index in [0.29, 0.717) is 24.2 Å². The van der Waals surface area contributed by atoms with E-state index in [0.717, 1.165) is 12.2 Å². The van der Waals surface area contributed by atoms with Crippen LogP contribution in [-0.2, 0) is 30.0 Å². The molecular weight excluding hydrogens is 545 g/mol. The summed E-state index contributed by atoms with van der Waals surface area (Å²) < 4.78 is 34.8. The number of carbonyl (C=O) groups is 1. The zero-order chi connectivity index (χ0) is 29.0. The lowest BCUT2D eigenvalue weighted by Gasteiger charge is -2.58. The van der Waals surface area contributed by atoms with Crippen molar-refractivity contribution in [3.63, 3.8) is 0 Å². The van der Waals surface area contributed by atoms with Gasteiger partial charge in [-0.1, -0.05) is 13.0 Å². The number of aliphatic hydroxyl groups is 3. The number of aliphatic imine (C=N–C) groups is 1. The van der Waals surface area contributed by atoms with Gasteiger partial charge in [0.05, 0.1) is 42.5 Å². The minimum Gasteiger partial charge on any atom is -0.425 e. The van der Waals surface area contributed by atoms with Gasteiger partial charge in [-0.25, -0.2) is 4.57 Å². The standard InChI is InChI=1S/C26H38N3O10P/c1-5-16-21(31)20(27-3)23-24(22(16)32)37-25-26(33,38-23)18(8-12(2)36-25)29-19(30)10-14-9-13-6-7-15(11-17(13)28-14)39-40(4,34)35/h6-7,11-12,16,18,20-25,27,31-33H,5,8-10H2,1-4H3,(H,29,30)(H,34,35)/t12-,16-,18-,20+,21+,22+,23-,24-,25+,26+/m1/s1. The number of nitrogens with zero attached hydrogens (tertiary/aromatic N) is 1. The molecule has 0 spiro atoms. The van der Waals surface area contributed by atoms with Gasteiger partial charge in [-0.15, -0.1) is 0 Å². The van der Waals surface area contributed by atoms with Crippen molar-refractivity contribution in [3.8, 4) is 5.75 Å². The van der Waals surface area contributed by atoms with Crippen LogP contribution in [0.25, 0.3) is 0 Å². The second-order valence-corrected chi connectivity index (χ2v) is 12.9. The van der Waals surface area contributed by atoms with Crippen LogP contribution >= 0.6 is 7.60 Å². The van der Waals surface area contributed by atoms with Gasteiger partial charge in [-0.05, 0) is 38.4 Å². The Morgan fingerprint density at radius 1 is 1.25 bits per heavy atom. The number of rotatable bonds is 7. The first kappa shape index (κ1) is 29.6. The largest absolute Gasteiger partial charge is 0.425 e. The van der Waals surface area contributed by atoms with Crippen LogP contribution in [0, 0.1) is 5.92 Å². The molecule has 13 nitrogen and oxygen atoms in total. The van der Waals surface area contributed by atoms with Gasteiger partial charge in [0.15, 0.2) is 0 Å². The SMILES string of the molecule is CC[C@@H]1[C@H](O)[C@H](NC)[C@H]2O[C@]3(O)[C@H](O[C@@H]2[C@H]1O)O[C@H](C)C[C@H]3NC(=O)CC1=Nc2cc(OP(C)(=O)O)ccc2C1. The van der Waals surface area contributed by atoms with Crippen LogP contribution in [-0.4, -0.2) is 100 Å². The van der Waals surface area contributed by atoms with Crippen molar-refractivity contribution in [2.75, 3.05) is 13.7 Å². The molecule has 0 bridgehead atoms. The zero-order valence-corrected chi connectivity index (χ0v) is 23.8. The molecule has 3 aliphatic heterocycles. The summed E-state index contributed by atoms with van der Waals surface area (Å²) in [6, 6.07) is 3.33. The average Bonchev–Trinajstić information content (AvgIpc) is 3.25. The molecular formula is C26H38N3O10P. The topological polar surface area (TPSA) is 188 Å². The molecule has 2 saturated heterocycles. The number of nitrogens with one attached hydrogen (secondary N) is 2. The fourth-order valence-electron chi connectivity index (χ4n) is 6.25. The van der Waals surface area contributed by atoms with Gasteiger partial charge in [-0.3, -0.25) is 9.79 Å². The van der Waals surface area contributed by atoms with Gasteiger partial charge in [0.1, 0.15) is 18.0 Å². The van der Waals surface area contributed by atoms with E-state index in [-0.39, 0.29) is 18.6 Å². The van der Waals surface area contributed by atoms with E-state index >= 15 is 0 Å². The molecule has 1 aromatic rings. The summed E-state index contributed by atoms with van der Waals surface area (Å²) in [5.41, 5.74) is 1.99.